The highest BCUT2D eigenvalue weighted by Gasteiger charge is 2.22. The summed E-state index contributed by atoms with van der Waals surface area (Å²) in [6, 6.07) is 3.69. The first-order valence-electron chi connectivity index (χ1n) is 6.84. The van der Waals surface area contributed by atoms with E-state index in [-0.39, 0.29) is 0 Å². The van der Waals surface area contributed by atoms with Gasteiger partial charge < -0.3 is 14.5 Å². The van der Waals surface area contributed by atoms with E-state index in [0.29, 0.717) is 22.1 Å². The zero-order valence-corrected chi connectivity index (χ0v) is 15.1. The molecule has 0 radical (unpaired) electrons. The van der Waals surface area contributed by atoms with Crippen LogP contribution in [0.5, 0.6) is 5.75 Å². The Hall–Kier alpha value is -1.93. The second-order valence-electron chi connectivity index (χ2n) is 4.95. The molecule has 0 saturated carbocycles. The molecule has 0 aliphatic carbocycles. The lowest BCUT2D eigenvalue weighted by molar-refractivity contribution is 0.0325. The lowest BCUT2D eigenvalue weighted by atomic mass is 10.3. The number of imidazole rings is 1. The molecule has 0 spiro atoms. The van der Waals surface area contributed by atoms with Crippen LogP contribution in [0.1, 0.15) is 33.4 Å². The highest BCUT2D eigenvalue weighted by molar-refractivity contribution is 9.10. The monoisotopic (exact) mass is 395 g/mol. The number of aromatic nitrogens is 3. The summed E-state index contributed by atoms with van der Waals surface area (Å²) in [7, 11) is 1.53. The number of halogens is 1. The van der Waals surface area contributed by atoms with Gasteiger partial charge in [0.1, 0.15) is 11.6 Å². The largest absolute Gasteiger partial charge is 0.495 e. The fraction of sp³-hybridized carbons (Fsp3) is 0.267. The van der Waals surface area contributed by atoms with Crippen molar-refractivity contribution in [3.63, 3.8) is 0 Å². The number of aryl methyl sites for hydroxylation is 1. The van der Waals surface area contributed by atoms with Gasteiger partial charge in [-0.2, -0.15) is 0 Å². The molecular formula is C15H14BrN3O3S. The molecule has 120 valence electrons. The summed E-state index contributed by atoms with van der Waals surface area (Å²) in [5.74, 6) is 0.646. The number of H-pyrrole nitrogens is 1. The molecule has 8 heteroatoms. The standard InChI is InChI=1S/C15H14BrN3O3S/c1-7-4-11(21-3)12(23-7)15(20)22-8(2)13-18-10-5-9(16)6-17-14(10)19-13/h4-6,8H,1-3H3,(H,17,18,19). The van der Waals surface area contributed by atoms with E-state index in [4.69, 9.17) is 9.47 Å². The minimum absolute atomic E-state index is 0.429. The highest BCUT2D eigenvalue weighted by Crippen LogP contribution is 2.31. The molecule has 1 unspecified atom stereocenters. The molecule has 0 aromatic carbocycles. The number of nitrogens with zero attached hydrogens (tertiary/aromatic N) is 2. The van der Waals surface area contributed by atoms with Gasteiger partial charge in [0.15, 0.2) is 16.6 Å². The molecule has 6 nitrogen and oxygen atoms in total. The van der Waals surface area contributed by atoms with Crippen molar-refractivity contribution in [2.45, 2.75) is 20.0 Å². The fourth-order valence-electron chi connectivity index (χ4n) is 2.14. The number of ether oxygens (including phenoxy) is 2. The van der Waals surface area contributed by atoms with Crippen molar-refractivity contribution in [1.29, 1.82) is 0 Å². The Labute approximate surface area is 145 Å². The average molecular weight is 396 g/mol. The van der Waals surface area contributed by atoms with Crippen LogP contribution in [0, 0.1) is 6.92 Å². The lowest BCUT2D eigenvalue weighted by Gasteiger charge is -2.10. The molecule has 0 saturated heterocycles. The first-order chi connectivity index (χ1) is 11.0. The van der Waals surface area contributed by atoms with Crippen LogP contribution in [0.25, 0.3) is 11.2 Å². The van der Waals surface area contributed by atoms with Gasteiger partial charge in [0.25, 0.3) is 0 Å². The summed E-state index contributed by atoms with van der Waals surface area (Å²) in [6.07, 6.45) is 1.14. The quantitative estimate of drug-likeness (QED) is 0.675. The van der Waals surface area contributed by atoms with Crippen LogP contribution in [0.15, 0.2) is 22.8 Å². The van der Waals surface area contributed by atoms with E-state index in [1.807, 2.05) is 19.1 Å². The zero-order chi connectivity index (χ0) is 16.6. The molecule has 3 aromatic rings. The third-order valence-corrected chi connectivity index (χ3v) is 4.66. The number of thiophene rings is 1. The predicted octanol–water partition coefficient (Wildman–Crippen LogP) is 4.02. The van der Waals surface area contributed by atoms with Crippen molar-refractivity contribution in [3.8, 4) is 5.75 Å². The number of carbonyl (C=O) groups excluding carboxylic acids is 1. The van der Waals surface area contributed by atoms with Crippen LogP contribution < -0.4 is 4.74 Å². The topological polar surface area (TPSA) is 77.1 Å². The van der Waals surface area contributed by atoms with Gasteiger partial charge in [-0.1, -0.05) is 0 Å². The number of rotatable bonds is 4. The zero-order valence-electron chi connectivity index (χ0n) is 12.7. The summed E-state index contributed by atoms with van der Waals surface area (Å²) in [6.45, 7) is 3.67. The maximum atomic E-state index is 12.3. The molecule has 3 aromatic heterocycles. The summed E-state index contributed by atoms with van der Waals surface area (Å²) >= 11 is 4.70. The maximum Gasteiger partial charge on any atom is 0.352 e. The Morgan fingerprint density at radius 1 is 1.43 bits per heavy atom. The van der Waals surface area contributed by atoms with E-state index >= 15 is 0 Å². The van der Waals surface area contributed by atoms with Gasteiger partial charge >= 0.3 is 5.97 Å². The van der Waals surface area contributed by atoms with Crippen molar-refractivity contribution in [1.82, 2.24) is 15.0 Å². The Balaban J connectivity index is 1.82. The van der Waals surface area contributed by atoms with Crippen molar-refractivity contribution in [3.05, 3.63) is 38.4 Å². The summed E-state index contributed by atoms with van der Waals surface area (Å²) < 4.78 is 11.6. The first kappa shape index (κ1) is 15.9. The number of hydrogen-bond donors (Lipinski definition) is 1. The molecule has 0 aliphatic rings. The van der Waals surface area contributed by atoms with Crippen LogP contribution in [0.2, 0.25) is 0 Å². The van der Waals surface area contributed by atoms with E-state index in [0.717, 1.165) is 14.9 Å². The third kappa shape index (κ3) is 3.23. The van der Waals surface area contributed by atoms with Crippen LogP contribution in [0.4, 0.5) is 0 Å². The van der Waals surface area contributed by atoms with Gasteiger partial charge in [-0.15, -0.1) is 11.3 Å². The summed E-state index contributed by atoms with van der Waals surface area (Å²) in [5, 5.41) is 0. The molecule has 0 aliphatic heterocycles. The van der Waals surface area contributed by atoms with E-state index in [9.17, 15) is 4.79 Å². The summed E-state index contributed by atoms with van der Waals surface area (Å²) in [5.41, 5.74) is 1.36. The number of methoxy groups -OCH3 is 1. The van der Waals surface area contributed by atoms with Gasteiger partial charge in [-0.25, -0.2) is 14.8 Å². The van der Waals surface area contributed by atoms with E-state index in [1.54, 1.807) is 13.1 Å². The van der Waals surface area contributed by atoms with Gasteiger partial charge in [-0.3, -0.25) is 0 Å². The minimum atomic E-state index is -0.525. The molecule has 3 rings (SSSR count). The first-order valence-corrected chi connectivity index (χ1v) is 8.45. The molecule has 1 atom stereocenters. The second kappa shape index (κ2) is 6.29. The van der Waals surface area contributed by atoms with Crippen molar-refractivity contribution in [2.75, 3.05) is 7.11 Å². The van der Waals surface area contributed by atoms with Crippen LogP contribution >= 0.6 is 27.3 Å². The number of fused-ring (bicyclic) bond motifs is 1. The summed E-state index contributed by atoms with van der Waals surface area (Å²) in [4.78, 5) is 25.5. The Bertz CT molecular complexity index is 874. The normalized spacial score (nSPS) is 12.3. The molecule has 3 heterocycles. The smallest absolute Gasteiger partial charge is 0.352 e. The lowest BCUT2D eigenvalue weighted by Crippen LogP contribution is -2.10. The van der Waals surface area contributed by atoms with Crippen LogP contribution in [-0.4, -0.2) is 28.0 Å². The van der Waals surface area contributed by atoms with Crippen molar-refractivity contribution >= 4 is 44.4 Å². The van der Waals surface area contributed by atoms with Gasteiger partial charge in [0.05, 0.1) is 12.6 Å². The van der Waals surface area contributed by atoms with Gasteiger partial charge in [0.2, 0.25) is 0 Å². The van der Waals surface area contributed by atoms with E-state index in [1.165, 1.54) is 18.4 Å². The van der Waals surface area contributed by atoms with Gasteiger partial charge in [-0.05, 0) is 41.9 Å². The molecule has 1 N–H and O–H groups in total. The molecular weight excluding hydrogens is 382 g/mol. The Kier molecular flexibility index (Phi) is 4.36. The number of pyridine rings is 1. The Morgan fingerprint density at radius 2 is 2.22 bits per heavy atom. The van der Waals surface area contributed by atoms with Crippen LogP contribution in [0.3, 0.4) is 0 Å². The van der Waals surface area contributed by atoms with Gasteiger partial charge in [0, 0.05) is 15.5 Å². The molecule has 23 heavy (non-hydrogen) atoms. The van der Waals surface area contributed by atoms with Crippen LogP contribution in [-0.2, 0) is 4.74 Å². The second-order valence-corrected chi connectivity index (χ2v) is 7.12. The average Bonchev–Trinajstić information content (AvgIpc) is 3.09. The predicted molar refractivity (Wildman–Crippen MR) is 91.0 cm³/mol. The van der Waals surface area contributed by atoms with E-state index < -0.39 is 12.1 Å². The minimum Gasteiger partial charge on any atom is -0.495 e. The number of nitrogens with one attached hydrogen (secondary N) is 1. The Morgan fingerprint density at radius 3 is 2.96 bits per heavy atom. The van der Waals surface area contributed by atoms with Crippen molar-refractivity contribution < 1.29 is 14.3 Å². The highest BCUT2D eigenvalue weighted by atomic mass is 79.9. The maximum absolute atomic E-state index is 12.3. The SMILES string of the molecule is COc1cc(C)sc1C(=O)OC(C)c1nc2ncc(Br)cc2[nH]1. The van der Waals surface area contributed by atoms with Crippen molar-refractivity contribution in [2.24, 2.45) is 0 Å². The molecule has 0 fully saturated rings. The number of carbonyl (C=O) groups is 1. The number of esters is 1. The molecule has 0 bridgehead atoms. The molecule has 0 amide bonds. The number of hydrogen-bond acceptors (Lipinski definition) is 6. The van der Waals surface area contributed by atoms with E-state index in [2.05, 4.69) is 30.9 Å². The number of aromatic amines is 1. The fourth-order valence-corrected chi connectivity index (χ4v) is 3.33. The third-order valence-electron chi connectivity index (χ3n) is 3.22.